The molecule has 0 spiro atoms. The average molecular weight is 215 g/mol. The Morgan fingerprint density at radius 1 is 1.31 bits per heavy atom. The van der Waals surface area contributed by atoms with E-state index in [9.17, 15) is 0 Å². The van der Waals surface area contributed by atoms with Crippen LogP contribution in [0.1, 0.15) is 6.42 Å². The van der Waals surface area contributed by atoms with E-state index in [0.29, 0.717) is 12.5 Å². The molecule has 84 valence electrons. The van der Waals surface area contributed by atoms with E-state index < -0.39 is 0 Å². The van der Waals surface area contributed by atoms with Gasteiger partial charge in [-0.2, -0.15) is 5.26 Å². The highest BCUT2D eigenvalue weighted by Gasteiger charge is 2.23. The van der Waals surface area contributed by atoms with E-state index in [1.54, 1.807) is 0 Å². The van der Waals surface area contributed by atoms with Gasteiger partial charge in [0.05, 0.1) is 12.5 Å². The smallest absolute Gasteiger partial charge is 0.0638 e. The number of likely N-dealkylation sites (N-methyl/N-ethyl adjacent to an activating group) is 1. The summed E-state index contributed by atoms with van der Waals surface area (Å²) in [5.41, 5.74) is 1.26. The summed E-state index contributed by atoms with van der Waals surface area (Å²) in [6.45, 7) is 3.03. The van der Waals surface area contributed by atoms with Crippen LogP contribution in [0.3, 0.4) is 0 Å². The second kappa shape index (κ2) is 5.00. The molecule has 3 heteroatoms. The topological polar surface area (TPSA) is 30.3 Å². The molecule has 0 N–H and O–H groups in total. The van der Waals surface area contributed by atoms with Crippen molar-refractivity contribution < 1.29 is 0 Å². The number of benzene rings is 1. The first-order valence-corrected chi connectivity index (χ1v) is 5.68. The highest BCUT2D eigenvalue weighted by atomic mass is 15.3. The maximum absolute atomic E-state index is 8.80. The maximum Gasteiger partial charge on any atom is 0.0638 e. The zero-order valence-corrected chi connectivity index (χ0v) is 9.63. The number of nitrogens with zero attached hydrogens (tertiary/aromatic N) is 3. The van der Waals surface area contributed by atoms with Gasteiger partial charge in [0.2, 0.25) is 0 Å². The van der Waals surface area contributed by atoms with Crippen LogP contribution in [0.25, 0.3) is 0 Å². The number of nitriles is 1. The quantitative estimate of drug-likeness (QED) is 0.752. The lowest BCUT2D eigenvalue weighted by Crippen LogP contribution is -2.51. The zero-order valence-electron chi connectivity index (χ0n) is 9.63. The van der Waals surface area contributed by atoms with E-state index >= 15 is 0 Å². The Morgan fingerprint density at radius 2 is 2.06 bits per heavy atom. The van der Waals surface area contributed by atoms with Crippen LogP contribution in [-0.2, 0) is 0 Å². The van der Waals surface area contributed by atoms with Crippen molar-refractivity contribution in [1.29, 1.82) is 5.26 Å². The predicted molar refractivity (Wildman–Crippen MR) is 65.3 cm³/mol. The Morgan fingerprint density at radius 3 is 2.75 bits per heavy atom. The van der Waals surface area contributed by atoms with Gasteiger partial charge in [-0.1, -0.05) is 18.2 Å². The van der Waals surface area contributed by atoms with Gasteiger partial charge in [0.25, 0.3) is 0 Å². The van der Waals surface area contributed by atoms with Crippen molar-refractivity contribution in [2.24, 2.45) is 0 Å². The molecule has 0 aliphatic carbocycles. The van der Waals surface area contributed by atoms with Crippen molar-refractivity contribution in [3.05, 3.63) is 30.3 Å². The first-order valence-electron chi connectivity index (χ1n) is 5.68. The van der Waals surface area contributed by atoms with Gasteiger partial charge in [-0.05, 0) is 19.2 Å². The summed E-state index contributed by atoms with van der Waals surface area (Å²) in [5.74, 6) is 0. The molecule has 0 saturated carbocycles. The normalized spacial score (nSPS) is 21.8. The molecule has 1 aliphatic heterocycles. The van der Waals surface area contributed by atoms with E-state index in [1.165, 1.54) is 5.69 Å². The van der Waals surface area contributed by atoms with Crippen molar-refractivity contribution in [2.75, 3.05) is 31.6 Å². The van der Waals surface area contributed by atoms with Gasteiger partial charge in [-0.15, -0.1) is 0 Å². The van der Waals surface area contributed by atoms with Gasteiger partial charge in [0.1, 0.15) is 0 Å². The van der Waals surface area contributed by atoms with Crippen molar-refractivity contribution >= 4 is 5.69 Å². The number of rotatable bonds is 2. The minimum absolute atomic E-state index is 0.360. The number of piperazine rings is 1. The molecule has 0 radical (unpaired) electrons. The minimum Gasteiger partial charge on any atom is -0.369 e. The molecule has 1 aromatic rings. The Kier molecular flexibility index (Phi) is 3.43. The number of hydrogen-bond acceptors (Lipinski definition) is 3. The van der Waals surface area contributed by atoms with Gasteiger partial charge in [0.15, 0.2) is 0 Å². The summed E-state index contributed by atoms with van der Waals surface area (Å²) in [4.78, 5) is 4.64. The molecular weight excluding hydrogens is 198 g/mol. The van der Waals surface area contributed by atoms with E-state index in [0.717, 1.165) is 19.6 Å². The fourth-order valence-electron chi connectivity index (χ4n) is 2.15. The highest BCUT2D eigenvalue weighted by molar-refractivity contribution is 5.46. The predicted octanol–water partition coefficient (Wildman–Crippen LogP) is 1.72. The molecule has 1 atom stereocenters. The van der Waals surface area contributed by atoms with E-state index in [2.05, 4.69) is 47.2 Å². The number of hydrogen-bond donors (Lipinski definition) is 0. The third kappa shape index (κ3) is 2.34. The summed E-state index contributed by atoms with van der Waals surface area (Å²) in [7, 11) is 2.10. The van der Waals surface area contributed by atoms with E-state index in [-0.39, 0.29) is 0 Å². The molecular formula is C13H17N3. The number of para-hydroxylation sites is 1. The van der Waals surface area contributed by atoms with Crippen LogP contribution in [0.15, 0.2) is 30.3 Å². The van der Waals surface area contributed by atoms with Crippen molar-refractivity contribution in [2.45, 2.75) is 12.5 Å². The summed E-state index contributed by atoms with van der Waals surface area (Å²) in [6, 6.07) is 13.1. The molecule has 0 amide bonds. The molecule has 16 heavy (non-hydrogen) atoms. The first kappa shape index (κ1) is 11.0. The van der Waals surface area contributed by atoms with Crippen molar-refractivity contribution in [3.63, 3.8) is 0 Å². The maximum atomic E-state index is 8.80. The van der Waals surface area contributed by atoms with E-state index in [4.69, 9.17) is 5.26 Å². The fourth-order valence-corrected chi connectivity index (χ4v) is 2.15. The van der Waals surface area contributed by atoms with E-state index in [1.807, 2.05) is 6.07 Å². The van der Waals surface area contributed by atoms with Crippen LogP contribution in [0.4, 0.5) is 5.69 Å². The summed E-state index contributed by atoms with van der Waals surface area (Å²) in [5, 5.41) is 8.80. The summed E-state index contributed by atoms with van der Waals surface area (Å²) < 4.78 is 0. The molecule has 2 rings (SSSR count). The lowest BCUT2D eigenvalue weighted by Gasteiger charge is -2.39. The van der Waals surface area contributed by atoms with Crippen molar-refractivity contribution in [1.82, 2.24) is 4.90 Å². The fraction of sp³-hybridized carbons (Fsp3) is 0.462. The Bertz CT molecular complexity index is 369. The van der Waals surface area contributed by atoms with Crippen LogP contribution in [0.5, 0.6) is 0 Å². The van der Waals surface area contributed by atoms with Crippen LogP contribution in [-0.4, -0.2) is 37.6 Å². The van der Waals surface area contributed by atoms with Crippen LogP contribution in [0, 0.1) is 11.3 Å². The lowest BCUT2D eigenvalue weighted by atomic mass is 10.1. The Balaban J connectivity index is 2.06. The van der Waals surface area contributed by atoms with Gasteiger partial charge in [-0.25, -0.2) is 0 Å². The second-order valence-electron chi connectivity index (χ2n) is 4.28. The van der Waals surface area contributed by atoms with Crippen LogP contribution >= 0.6 is 0 Å². The van der Waals surface area contributed by atoms with Gasteiger partial charge < -0.3 is 4.90 Å². The molecule has 1 aromatic carbocycles. The second-order valence-corrected chi connectivity index (χ2v) is 4.28. The number of anilines is 1. The average Bonchev–Trinajstić information content (AvgIpc) is 2.33. The first-order chi connectivity index (χ1) is 7.81. The minimum atomic E-state index is 0.360. The third-order valence-electron chi connectivity index (χ3n) is 3.23. The molecule has 1 fully saturated rings. The standard InChI is InChI=1S/C13H17N3/c1-15-9-10-16(11-13(15)7-8-14)12-5-3-2-4-6-12/h2-6,13H,7,9-11H2,1H3. The molecule has 0 aromatic heterocycles. The van der Waals surface area contributed by atoms with Crippen LogP contribution in [0.2, 0.25) is 0 Å². The molecule has 1 aliphatic rings. The molecule has 3 nitrogen and oxygen atoms in total. The van der Waals surface area contributed by atoms with Gasteiger partial charge in [0, 0.05) is 31.4 Å². The summed E-state index contributed by atoms with van der Waals surface area (Å²) in [6.07, 6.45) is 0.611. The van der Waals surface area contributed by atoms with Crippen LogP contribution < -0.4 is 4.90 Å². The lowest BCUT2D eigenvalue weighted by molar-refractivity contribution is 0.221. The monoisotopic (exact) mass is 215 g/mol. The highest BCUT2D eigenvalue weighted by Crippen LogP contribution is 2.18. The van der Waals surface area contributed by atoms with Gasteiger partial charge >= 0.3 is 0 Å². The molecule has 0 bridgehead atoms. The molecule has 1 saturated heterocycles. The van der Waals surface area contributed by atoms with Gasteiger partial charge in [-0.3, -0.25) is 4.90 Å². The third-order valence-corrected chi connectivity index (χ3v) is 3.23. The zero-order chi connectivity index (χ0) is 11.4. The Labute approximate surface area is 96.9 Å². The molecule has 1 heterocycles. The van der Waals surface area contributed by atoms with Crippen molar-refractivity contribution in [3.8, 4) is 6.07 Å². The molecule has 1 unspecified atom stereocenters. The largest absolute Gasteiger partial charge is 0.369 e. The summed E-state index contributed by atoms with van der Waals surface area (Å²) >= 11 is 0. The SMILES string of the molecule is CN1CCN(c2ccccc2)CC1CC#N. The Hall–Kier alpha value is -1.53.